The highest BCUT2D eigenvalue weighted by Gasteiger charge is 2.30. The lowest BCUT2D eigenvalue weighted by Crippen LogP contribution is -2.49. The van der Waals surface area contributed by atoms with Gasteiger partial charge in [-0.25, -0.2) is 0 Å². The van der Waals surface area contributed by atoms with Crippen LogP contribution in [0.3, 0.4) is 0 Å². The lowest BCUT2D eigenvalue weighted by atomic mass is 10.0. The van der Waals surface area contributed by atoms with E-state index in [2.05, 4.69) is 29.4 Å². The first-order valence-electron chi connectivity index (χ1n) is 11.2. The van der Waals surface area contributed by atoms with E-state index < -0.39 is 0 Å². The van der Waals surface area contributed by atoms with Crippen molar-refractivity contribution in [1.29, 1.82) is 0 Å². The molecule has 0 aromatic heterocycles. The van der Waals surface area contributed by atoms with E-state index in [9.17, 15) is 9.59 Å². The molecular formula is C27H29N3O4. The molecular weight excluding hydrogens is 430 g/mol. The van der Waals surface area contributed by atoms with Crippen molar-refractivity contribution in [2.24, 2.45) is 0 Å². The summed E-state index contributed by atoms with van der Waals surface area (Å²) >= 11 is 0. The minimum Gasteiger partial charge on any atom is -0.497 e. The summed E-state index contributed by atoms with van der Waals surface area (Å²) in [5.41, 5.74) is 2.36. The normalized spacial score (nSPS) is 16.1. The van der Waals surface area contributed by atoms with Crippen LogP contribution in [0.15, 0.2) is 78.9 Å². The van der Waals surface area contributed by atoms with Crippen molar-refractivity contribution in [2.45, 2.75) is 6.04 Å². The zero-order valence-corrected chi connectivity index (χ0v) is 19.4. The van der Waals surface area contributed by atoms with Crippen LogP contribution in [0.5, 0.6) is 11.5 Å². The van der Waals surface area contributed by atoms with E-state index in [0.717, 1.165) is 18.7 Å². The molecule has 0 spiro atoms. The Bertz CT molecular complexity index is 1120. The molecule has 7 nitrogen and oxygen atoms in total. The van der Waals surface area contributed by atoms with Gasteiger partial charge in [-0.2, -0.15) is 0 Å². The van der Waals surface area contributed by atoms with E-state index in [4.69, 9.17) is 9.47 Å². The van der Waals surface area contributed by atoms with E-state index in [0.29, 0.717) is 29.3 Å². The first kappa shape index (κ1) is 23.3. The average Bonchev–Trinajstić information content (AvgIpc) is 2.88. The highest BCUT2D eigenvalue weighted by molar-refractivity contribution is 5.95. The molecule has 0 aliphatic carbocycles. The van der Waals surface area contributed by atoms with Crippen LogP contribution < -0.4 is 14.8 Å². The van der Waals surface area contributed by atoms with Gasteiger partial charge in [-0.3, -0.25) is 9.59 Å². The van der Waals surface area contributed by atoms with Crippen molar-refractivity contribution in [3.63, 3.8) is 0 Å². The number of piperazine rings is 1. The Hall–Kier alpha value is -3.84. The molecule has 1 atom stereocenters. The number of amides is 2. The van der Waals surface area contributed by atoms with Gasteiger partial charge in [0.25, 0.3) is 11.8 Å². The maximum absolute atomic E-state index is 13.3. The zero-order chi connectivity index (χ0) is 23.9. The quantitative estimate of drug-likeness (QED) is 0.581. The lowest BCUT2D eigenvalue weighted by Gasteiger charge is -2.40. The number of hydrogen-bond donors (Lipinski definition) is 1. The predicted molar refractivity (Wildman–Crippen MR) is 131 cm³/mol. The monoisotopic (exact) mass is 459 g/mol. The number of hydrogen-bond acceptors (Lipinski definition) is 5. The van der Waals surface area contributed by atoms with E-state index in [1.165, 1.54) is 0 Å². The van der Waals surface area contributed by atoms with Crippen molar-refractivity contribution >= 4 is 17.5 Å². The molecule has 7 heteroatoms. The molecule has 4 rings (SSSR count). The second-order valence-corrected chi connectivity index (χ2v) is 8.28. The first-order valence-corrected chi connectivity index (χ1v) is 11.2. The maximum atomic E-state index is 13.3. The van der Waals surface area contributed by atoms with Gasteiger partial charge in [0.2, 0.25) is 0 Å². The van der Waals surface area contributed by atoms with Crippen molar-refractivity contribution in [3.8, 4) is 11.5 Å². The van der Waals surface area contributed by atoms with Gasteiger partial charge in [0, 0.05) is 37.0 Å². The van der Waals surface area contributed by atoms with Gasteiger partial charge in [0.15, 0.2) is 6.61 Å². The number of carbonyl (C=O) groups is 2. The van der Waals surface area contributed by atoms with Gasteiger partial charge in [-0.15, -0.1) is 0 Å². The summed E-state index contributed by atoms with van der Waals surface area (Å²) in [5, 5.41) is 2.77. The number of ether oxygens (including phenoxy) is 2. The molecule has 1 heterocycles. The molecule has 1 fully saturated rings. The van der Waals surface area contributed by atoms with Crippen molar-refractivity contribution in [1.82, 2.24) is 9.80 Å². The van der Waals surface area contributed by atoms with Gasteiger partial charge in [-0.1, -0.05) is 36.4 Å². The Kier molecular flexibility index (Phi) is 7.44. The largest absolute Gasteiger partial charge is 0.497 e. The van der Waals surface area contributed by atoms with Crippen LogP contribution in [-0.4, -0.2) is 62.0 Å². The fraction of sp³-hybridized carbons (Fsp3) is 0.259. The van der Waals surface area contributed by atoms with Crippen molar-refractivity contribution in [3.05, 3.63) is 90.0 Å². The lowest BCUT2D eigenvalue weighted by molar-refractivity contribution is -0.118. The fourth-order valence-electron chi connectivity index (χ4n) is 4.03. The maximum Gasteiger partial charge on any atom is 0.262 e. The third-order valence-corrected chi connectivity index (χ3v) is 5.85. The molecule has 1 aliphatic heterocycles. The SMILES string of the molecule is COc1cccc(NC(=O)COc2ccc(C(=O)N3CCN(C)C[C@@H]3c3ccccc3)cc2)c1. The number of anilines is 1. The smallest absolute Gasteiger partial charge is 0.262 e. The van der Waals surface area contributed by atoms with Gasteiger partial charge < -0.3 is 24.6 Å². The van der Waals surface area contributed by atoms with Crippen LogP contribution in [-0.2, 0) is 4.79 Å². The number of benzene rings is 3. The number of likely N-dealkylation sites (N-methyl/N-ethyl adjacent to an activating group) is 1. The molecule has 2 amide bonds. The first-order chi connectivity index (χ1) is 16.5. The summed E-state index contributed by atoms with van der Waals surface area (Å²) in [6.07, 6.45) is 0. The van der Waals surface area contributed by atoms with Crippen LogP contribution in [0.4, 0.5) is 5.69 Å². The standard InChI is InChI=1S/C27H29N3O4/c1-29-15-16-30(25(18-29)20-7-4-3-5-8-20)27(32)21-11-13-23(14-12-21)34-19-26(31)28-22-9-6-10-24(17-22)33-2/h3-14,17,25H,15-16,18-19H2,1-2H3,(H,28,31)/t25-/m1/s1. The fourth-order valence-corrected chi connectivity index (χ4v) is 4.03. The summed E-state index contributed by atoms with van der Waals surface area (Å²) in [6, 6.07) is 24.2. The second kappa shape index (κ2) is 10.9. The van der Waals surface area contributed by atoms with E-state index in [1.807, 2.05) is 23.1 Å². The number of methoxy groups -OCH3 is 1. The Labute approximate surface area is 199 Å². The van der Waals surface area contributed by atoms with Crippen LogP contribution in [0.2, 0.25) is 0 Å². The van der Waals surface area contributed by atoms with E-state index in [-0.39, 0.29) is 24.5 Å². The average molecular weight is 460 g/mol. The summed E-state index contributed by atoms with van der Waals surface area (Å²) < 4.78 is 10.8. The van der Waals surface area contributed by atoms with Gasteiger partial charge in [0.1, 0.15) is 11.5 Å². The molecule has 0 saturated carbocycles. The third kappa shape index (κ3) is 5.74. The van der Waals surface area contributed by atoms with Gasteiger partial charge >= 0.3 is 0 Å². The Morgan fingerprint density at radius 3 is 2.44 bits per heavy atom. The summed E-state index contributed by atoms with van der Waals surface area (Å²) in [4.78, 5) is 29.7. The summed E-state index contributed by atoms with van der Waals surface area (Å²) in [5.74, 6) is 0.893. The third-order valence-electron chi connectivity index (χ3n) is 5.85. The Morgan fingerprint density at radius 1 is 0.941 bits per heavy atom. The number of carbonyl (C=O) groups excluding carboxylic acids is 2. The van der Waals surface area contributed by atoms with Crippen LogP contribution in [0, 0.1) is 0 Å². The van der Waals surface area contributed by atoms with Gasteiger partial charge in [0.05, 0.1) is 13.2 Å². The molecule has 0 radical (unpaired) electrons. The van der Waals surface area contributed by atoms with Crippen molar-refractivity contribution in [2.75, 3.05) is 45.7 Å². The van der Waals surface area contributed by atoms with Crippen LogP contribution in [0.25, 0.3) is 0 Å². The molecule has 3 aromatic carbocycles. The van der Waals surface area contributed by atoms with Crippen LogP contribution >= 0.6 is 0 Å². The molecule has 3 aromatic rings. The topological polar surface area (TPSA) is 71.1 Å². The molecule has 176 valence electrons. The predicted octanol–water partition coefficient (Wildman–Crippen LogP) is 3.84. The molecule has 1 saturated heterocycles. The summed E-state index contributed by atoms with van der Waals surface area (Å²) in [6.45, 7) is 2.15. The second-order valence-electron chi connectivity index (χ2n) is 8.28. The molecule has 1 aliphatic rings. The van der Waals surface area contributed by atoms with Crippen molar-refractivity contribution < 1.29 is 19.1 Å². The molecule has 1 N–H and O–H groups in total. The number of nitrogens with one attached hydrogen (secondary N) is 1. The summed E-state index contributed by atoms with van der Waals surface area (Å²) in [7, 11) is 3.65. The van der Waals surface area contributed by atoms with Gasteiger partial charge in [-0.05, 0) is 49.0 Å². The number of nitrogens with zero attached hydrogens (tertiary/aromatic N) is 2. The Balaban J connectivity index is 1.36. The minimum absolute atomic E-state index is 0.00341. The van der Waals surface area contributed by atoms with Crippen LogP contribution in [0.1, 0.15) is 22.0 Å². The van der Waals surface area contributed by atoms with E-state index >= 15 is 0 Å². The molecule has 0 unspecified atom stereocenters. The zero-order valence-electron chi connectivity index (χ0n) is 19.4. The molecule has 0 bridgehead atoms. The molecule has 34 heavy (non-hydrogen) atoms. The number of rotatable bonds is 7. The van der Waals surface area contributed by atoms with E-state index in [1.54, 1.807) is 55.6 Å². The highest BCUT2D eigenvalue weighted by Crippen LogP contribution is 2.27. The Morgan fingerprint density at radius 2 is 1.71 bits per heavy atom. The highest BCUT2D eigenvalue weighted by atomic mass is 16.5. The minimum atomic E-state index is -0.281.